The van der Waals surface area contributed by atoms with E-state index < -0.39 is 0 Å². The van der Waals surface area contributed by atoms with Gasteiger partial charge < -0.3 is 0 Å². The monoisotopic (exact) mass is 182 g/mol. The zero-order valence-corrected chi connectivity index (χ0v) is 8.97. The SMILES string of the molecule is CCCCCC[n+]1oc(C)cc1C. The average molecular weight is 182 g/mol. The predicted molar refractivity (Wildman–Crippen MR) is 52.5 cm³/mol. The Morgan fingerprint density at radius 2 is 2.00 bits per heavy atom. The summed E-state index contributed by atoms with van der Waals surface area (Å²) < 4.78 is 7.50. The second kappa shape index (κ2) is 5.05. The summed E-state index contributed by atoms with van der Waals surface area (Å²) in [5.41, 5.74) is 1.23. The van der Waals surface area contributed by atoms with Crippen molar-refractivity contribution in [1.82, 2.24) is 0 Å². The van der Waals surface area contributed by atoms with Crippen molar-refractivity contribution in [2.24, 2.45) is 0 Å². The van der Waals surface area contributed by atoms with Gasteiger partial charge in [-0.05, 0) is 11.2 Å². The summed E-state index contributed by atoms with van der Waals surface area (Å²) in [6.07, 6.45) is 5.16. The van der Waals surface area contributed by atoms with Crippen LogP contribution in [-0.2, 0) is 6.54 Å². The lowest BCUT2D eigenvalue weighted by atomic mass is 10.2. The number of hydrogen-bond acceptors (Lipinski definition) is 1. The molecule has 1 aromatic heterocycles. The third kappa shape index (κ3) is 3.21. The molecule has 0 atom stereocenters. The van der Waals surface area contributed by atoms with Crippen LogP contribution in [0.2, 0.25) is 0 Å². The van der Waals surface area contributed by atoms with Crippen LogP contribution in [-0.4, -0.2) is 0 Å². The Kier molecular flexibility index (Phi) is 4.00. The van der Waals surface area contributed by atoms with Crippen molar-refractivity contribution < 1.29 is 9.26 Å². The highest BCUT2D eigenvalue weighted by Gasteiger charge is 2.11. The Labute approximate surface area is 80.5 Å². The standard InChI is InChI=1S/C11H20NO/c1-4-5-6-7-8-12-10(2)9-11(3)13-12/h9H,4-8H2,1-3H3/q+1. The maximum absolute atomic E-state index is 5.51. The van der Waals surface area contributed by atoms with Gasteiger partial charge in [0.25, 0.3) is 0 Å². The fraction of sp³-hybridized carbons (Fsp3) is 0.727. The summed E-state index contributed by atoms with van der Waals surface area (Å²) in [7, 11) is 0. The molecule has 0 aromatic carbocycles. The van der Waals surface area contributed by atoms with Crippen molar-refractivity contribution in [3.63, 3.8) is 0 Å². The van der Waals surface area contributed by atoms with Gasteiger partial charge >= 0.3 is 0 Å². The molecule has 0 bridgehead atoms. The number of rotatable bonds is 5. The van der Waals surface area contributed by atoms with E-state index >= 15 is 0 Å². The first-order valence-corrected chi connectivity index (χ1v) is 5.21. The van der Waals surface area contributed by atoms with E-state index in [1.807, 2.05) is 11.7 Å². The normalized spacial score (nSPS) is 10.7. The molecule has 0 amide bonds. The topological polar surface area (TPSA) is 17.0 Å². The predicted octanol–water partition coefficient (Wildman–Crippen LogP) is 2.76. The van der Waals surface area contributed by atoms with Gasteiger partial charge in [-0.3, -0.25) is 0 Å². The first-order chi connectivity index (χ1) is 6.24. The maximum Gasteiger partial charge on any atom is 0.228 e. The Balaban J connectivity index is 2.32. The molecule has 0 unspecified atom stereocenters. The molecule has 2 nitrogen and oxygen atoms in total. The van der Waals surface area contributed by atoms with Crippen molar-refractivity contribution in [3.8, 4) is 0 Å². The lowest BCUT2D eigenvalue weighted by Crippen LogP contribution is -2.33. The minimum Gasteiger partial charge on any atom is -0.241 e. The quantitative estimate of drug-likeness (QED) is 0.505. The summed E-state index contributed by atoms with van der Waals surface area (Å²) in [6.45, 7) is 7.35. The van der Waals surface area contributed by atoms with Gasteiger partial charge in [-0.15, -0.1) is 0 Å². The molecule has 0 saturated carbocycles. The van der Waals surface area contributed by atoms with Crippen molar-refractivity contribution in [1.29, 1.82) is 0 Å². The Morgan fingerprint density at radius 1 is 1.23 bits per heavy atom. The Morgan fingerprint density at radius 3 is 2.54 bits per heavy atom. The van der Waals surface area contributed by atoms with Crippen LogP contribution in [0.25, 0.3) is 0 Å². The second-order valence-corrected chi connectivity index (χ2v) is 3.65. The molecule has 0 saturated heterocycles. The van der Waals surface area contributed by atoms with Crippen LogP contribution in [0.4, 0.5) is 0 Å². The molecule has 74 valence electrons. The zero-order valence-electron chi connectivity index (χ0n) is 8.97. The summed E-state index contributed by atoms with van der Waals surface area (Å²) >= 11 is 0. The molecule has 0 N–H and O–H groups in total. The van der Waals surface area contributed by atoms with Crippen molar-refractivity contribution in [2.45, 2.75) is 53.0 Å². The molecular weight excluding hydrogens is 162 g/mol. The van der Waals surface area contributed by atoms with Crippen LogP contribution in [0.5, 0.6) is 0 Å². The molecule has 1 aromatic rings. The van der Waals surface area contributed by atoms with Crippen LogP contribution in [0.1, 0.15) is 44.1 Å². The lowest BCUT2D eigenvalue weighted by Gasteiger charge is -1.93. The molecule has 0 aliphatic rings. The molecule has 0 fully saturated rings. The van der Waals surface area contributed by atoms with E-state index in [9.17, 15) is 0 Å². The summed E-state index contributed by atoms with van der Waals surface area (Å²) in [5, 5.41) is 0. The van der Waals surface area contributed by atoms with E-state index in [1.54, 1.807) is 0 Å². The molecule has 0 aliphatic carbocycles. The smallest absolute Gasteiger partial charge is 0.228 e. The van der Waals surface area contributed by atoms with E-state index in [2.05, 4.69) is 19.9 Å². The largest absolute Gasteiger partial charge is 0.241 e. The van der Waals surface area contributed by atoms with Gasteiger partial charge in [-0.25, -0.2) is 4.52 Å². The van der Waals surface area contributed by atoms with Gasteiger partial charge in [-0.2, -0.15) is 0 Å². The van der Waals surface area contributed by atoms with Gasteiger partial charge in [0.05, 0.1) is 6.07 Å². The molecule has 0 spiro atoms. The van der Waals surface area contributed by atoms with Crippen molar-refractivity contribution >= 4 is 0 Å². The molecular formula is C11H20NO+. The van der Waals surface area contributed by atoms with Crippen LogP contribution >= 0.6 is 0 Å². The van der Waals surface area contributed by atoms with Crippen molar-refractivity contribution in [3.05, 3.63) is 17.5 Å². The van der Waals surface area contributed by atoms with Crippen molar-refractivity contribution in [2.75, 3.05) is 0 Å². The van der Waals surface area contributed by atoms with Gasteiger partial charge in [-0.1, -0.05) is 19.8 Å². The van der Waals surface area contributed by atoms with E-state index in [0.717, 1.165) is 12.3 Å². The molecule has 0 radical (unpaired) electrons. The summed E-state index contributed by atoms with van der Waals surface area (Å²) in [4.78, 5) is 0. The van der Waals surface area contributed by atoms with E-state index in [1.165, 1.54) is 31.4 Å². The number of hydrogen-bond donors (Lipinski definition) is 0. The minimum absolute atomic E-state index is 1.01. The Bertz CT molecular complexity index is 253. The number of aryl methyl sites for hydroxylation is 3. The van der Waals surface area contributed by atoms with Gasteiger partial charge in [0.1, 0.15) is 0 Å². The number of aromatic nitrogens is 1. The first kappa shape index (κ1) is 10.3. The van der Waals surface area contributed by atoms with Gasteiger partial charge in [0, 0.05) is 20.3 Å². The van der Waals surface area contributed by atoms with E-state index in [0.29, 0.717) is 0 Å². The van der Waals surface area contributed by atoms with Crippen LogP contribution in [0.15, 0.2) is 10.6 Å². The van der Waals surface area contributed by atoms with Crippen LogP contribution in [0.3, 0.4) is 0 Å². The molecule has 13 heavy (non-hydrogen) atoms. The van der Waals surface area contributed by atoms with Gasteiger partial charge in [0.2, 0.25) is 5.69 Å². The lowest BCUT2D eigenvalue weighted by molar-refractivity contribution is -0.868. The Hall–Kier alpha value is -0.790. The summed E-state index contributed by atoms with van der Waals surface area (Å²) in [5.74, 6) is 1.01. The zero-order chi connectivity index (χ0) is 9.68. The van der Waals surface area contributed by atoms with Gasteiger partial charge in [0.15, 0.2) is 12.3 Å². The second-order valence-electron chi connectivity index (χ2n) is 3.65. The molecule has 1 heterocycles. The highest BCUT2D eigenvalue weighted by molar-refractivity contribution is 4.95. The average Bonchev–Trinajstić information content (AvgIpc) is 2.39. The summed E-state index contributed by atoms with van der Waals surface area (Å²) in [6, 6.07) is 2.08. The minimum atomic E-state index is 1.01. The molecule has 0 aliphatic heterocycles. The van der Waals surface area contributed by atoms with Crippen LogP contribution in [0, 0.1) is 13.8 Å². The number of unbranched alkanes of at least 4 members (excludes halogenated alkanes) is 3. The third-order valence-electron chi connectivity index (χ3n) is 2.27. The fourth-order valence-corrected chi connectivity index (χ4v) is 1.54. The highest BCUT2D eigenvalue weighted by atomic mass is 16.5. The number of nitrogens with zero attached hydrogens (tertiary/aromatic N) is 1. The molecule has 2 heteroatoms. The first-order valence-electron chi connectivity index (χ1n) is 5.21. The third-order valence-corrected chi connectivity index (χ3v) is 2.27. The van der Waals surface area contributed by atoms with Crippen LogP contribution < -0.4 is 4.74 Å². The highest BCUT2D eigenvalue weighted by Crippen LogP contribution is 2.01. The van der Waals surface area contributed by atoms with E-state index in [4.69, 9.17) is 4.52 Å². The maximum atomic E-state index is 5.51. The fourth-order valence-electron chi connectivity index (χ4n) is 1.54. The molecule has 1 rings (SSSR count). The van der Waals surface area contributed by atoms with E-state index in [-0.39, 0.29) is 0 Å².